The first-order chi connectivity index (χ1) is 11.5. The monoisotopic (exact) mass is 352 g/mol. The summed E-state index contributed by atoms with van der Waals surface area (Å²) in [6.45, 7) is 1.95. The summed E-state index contributed by atoms with van der Waals surface area (Å²) in [4.78, 5) is 25.4. The normalized spacial score (nSPS) is 14.0. The number of benzene rings is 1. The summed E-state index contributed by atoms with van der Waals surface area (Å²) in [6, 6.07) is 3.97. The van der Waals surface area contributed by atoms with E-state index in [0.717, 1.165) is 19.3 Å². The molecular weight excluding hydrogens is 331 g/mol. The Hall–Kier alpha value is -1.88. The third kappa shape index (κ3) is 5.64. The zero-order valence-corrected chi connectivity index (χ0v) is 14.5. The maximum Gasteiger partial charge on any atom is 0.243 e. The molecule has 0 spiro atoms. The van der Waals surface area contributed by atoms with E-state index in [0.29, 0.717) is 12.2 Å². The van der Waals surface area contributed by atoms with Crippen LogP contribution in [0.25, 0.3) is 0 Å². The topological polar surface area (TPSA) is 49.4 Å². The van der Waals surface area contributed by atoms with E-state index in [9.17, 15) is 14.0 Å². The molecule has 6 heteroatoms. The number of nitrogens with one attached hydrogen (secondary N) is 1. The lowest BCUT2D eigenvalue weighted by Crippen LogP contribution is -2.37. The molecule has 130 valence electrons. The van der Waals surface area contributed by atoms with Gasteiger partial charge in [0.25, 0.3) is 0 Å². The molecule has 1 N–H and O–H groups in total. The molecule has 2 rings (SSSR count). The van der Waals surface area contributed by atoms with Gasteiger partial charge in [-0.25, -0.2) is 4.39 Å². The maximum atomic E-state index is 13.1. The van der Waals surface area contributed by atoms with E-state index < -0.39 is 5.82 Å². The molecule has 24 heavy (non-hydrogen) atoms. The second-order valence-electron chi connectivity index (χ2n) is 5.98. The van der Waals surface area contributed by atoms with E-state index >= 15 is 0 Å². The predicted octanol–water partition coefficient (Wildman–Crippen LogP) is 4.16. The number of hydrogen-bond donors (Lipinski definition) is 1. The number of carbonyl (C=O) groups is 2. The van der Waals surface area contributed by atoms with Gasteiger partial charge in [-0.15, -0.1) is 0 Å². The number of allylic oxidation sites excluding steroid dienone is 1. The van der Waals surface area contributed by atoms with Gasteiger partial charge in [-0.3, -0.25) is 9.59 Å². The SMILES string of the molecule is CC(=O)N(CCC1=CCCCC1)CC(=O)Nc1ccc(F)c(Cl)c1. The van der Waals surface area contributed by atoms with Crippen LogP contribution >= 0.6 is 11.6 Å². The highest BCUT2D eigenvalue weighted by Crippen LogP contribution is 2.21. The third-order valence-electron chi connectivity index (χ3n) is 4.07. The Morgan fingerprint density at radius 1 is 1.33 bits per heavy atom. The molecule has 1 aliphatic carbocycles. The number of halogens is 2. The van der Waals surface area contributed by atoms with Crippen LogP contribution in [0, 0.1) is 5.82 Å². The standard InChI is InChI=1S/C18H22ClFN2O2/c1-13(23)22(10-9-14-5-3-2-4-6-14)12-18(24)21-15-7-8-17(20)16(19)11-15/h5,7-8,11H,2-4,6,9-10,12H2,1H3,(H,21,24). The van der Waals surface area contributed by atoms with E-state index in [1.807, 2.05) is 0 Å². The largest absolute Gasteiger partial charge is 0.333 e. The molecule has 0 heterocycles. The first-order valence-electron chi connectivity index (χ1n) is 8.14. The second-order valence-corrected chi connectivity index (χ2v) is 6.38. The quantitative estimate of drug-likeness (QED) is 0.781. The average Bonchev–Trinajstić information content (AvgIpc) is 2.55. The molecule has 4 nitrogen and oxygen atoms in total. The Kier molecular flexibility index (Phi) is 6.79. The summed E-state index contributed by atoms with van der Waals surface area (Å²) in [6.07, 6.45) is 7.63. The lowest BCUT2D eigenvalue weighted by molar-refractivity contribution is -0.132. The molecule has 1 aromatic carbocycles. The number of carbonyl (C=O) groups excluding carboxylic acids is 2. The van der Waals surface area contributed by atoms with E-state index in [4.69, 9.17) is 11.6 Å². The van der Waals surface area contributed by atoms with Gasteiger partial charge in [0.2, 0.25) is 11.8 Å². The van der Waals surface area contributed by atoms with Gasteiger partial charge in [-0.1, -0.05) is 23.3 Å². The molecule has 0 aliphatic heterocycles. The molecule has 0 saturated carbocycles. The molecule has 0 aromatic heterocycles. The number of rotatable bonds is 6. The average molecular weight is 353 g/mol. The van der Waals surface area contributed by atoms with Crippen LogP contribution in [-0.4, -0.2) is 29.8 Å². The Bertz CT molecular complexity index is 646. The van der Waals surface area contributed by atoms with Crippen molar-refractivity contribution < 1.29 is 14.0 Å². The number of anilines is 1. The van der Waals surface area contributed by atoms with Crippen LogP contribution in [0.3, 0.4) is 0 Å². The third-order valence-corrected chi connectivity index (χ3v) is 4.36. The van der Waals surface area contributed by atoms with Crippen molar-refractivity contribution in [3.05, 3.63) is 40.7 Å². The summed E-state index contributed by atoms with van der Waals surface area (Å²) in [5.74, 6) is -1.01. The van der Waals surface area contributed by atoms with E-state index in [-0.39, 0.29) is 23.4 Å². The van der Waals surface area contributed by atoms with Gasteiger partial charge >= 0.3 is 0 Å². The van der Waals surface area contributed by atoms with Crippen molar-refractivity contribution in [2.45, 2.75) is 39.0 Å². The van der Waals surface area contributed by atoms with Crippen LogP contribution in [0.2, 0.25) is 5.02 Å². The smallest absolute Gasteiger partial charge is 0.243 e. The summed E-state index contributed by atoms with van der Waals surface area (Å²) in [7, 11) is 0. The lowest BCUT2D eigenvalue weighted by Gasteiger charge is -2.22. The van der Waals surface area contributed by atoms with Crippen molar-refractivity contribution in [2.75, 3.05) is 18.4 Å². The highest BCUT2D eigenvalue weighted by atomic mass is 35.5. The van der Waals surface area contributed by atoms with Crippen LogP contribution in [0.4, 0.5) is 10.1 Å². The highest BCUT2D eigenvalue weighted by molar-refractivity contribution is 6.31. The van der Waals surface area contributed by atoms with Gasteiger partial charge in [0.05, 0.1) is 11.6 Å². The fourth-order valence-corrected chi connectivity index (χ4v) is 2.89. The zero-order chi connectivity index (χ0) is 17.5. The van der Waals surface area contributed by atoms with Crippen molar-refractivity contribution in [2.24, 2.45) is 0 Å². The van der Waals surface area contributed by atoms with Gasteiger partial charge in [-0.2, -0.15) is 0 Å². The molecule has 0 saturated heterocycles. The molecule has 2 amide bonds. The Labute approximate surface area is 146 Å². The Morgan fingerprint density at radius 3 is 2.75 bits per heavy atom. The molecule has 1 aromatic rings. The van der Waals surface area contributed by atoms with Crippen molar-refractivity contribution >= 4 is 29.1 Å². The zero-order valence-electron chi connectivity index (χ0n) is 13.8. The van der Waals surface area contributed by atoms with E-state index in [2.05, 4.69) is 11.4 Å². The molecule has 1 aliphatic rings. The molecule has 0 radical (unpaired) electrons. The summed E-state index contributed by atoms with van der Waals surface area (Å²) in [5, 5.41) is 2.58. The number of hydrogen-bond acceptors (Lipinski definition) is 2. The number of amides is 2. The van der Waals surface area contributed by atoms with Crippen LogP contribution in [0.5, 0.6) is 0 Å². The van der Waals surface area contributed by atoms with E-state index in [1.165, 1.54) is 48.4 Å². The predicted molar refractivity (Wildman–Crippen MR) is 93.5 cm³/mol. The second kappa shape index (κ2) is 8.83. The van der Waals surface area contributed by atoms with E-state index in [1.54, 1.807) is 0 Å². The van der Waals surface area contributed by atoms with Crippen molar-refractivity contribution in [1.29, 1.82) is 0 Å². The minimum absolute atomic E-state index is 0.0301. The van der Waals surface area contributed by atoms with Gasteiger partial charge in [0.1, 0.15) is 5.82 Å². The number of nitrogens with zero attached hydrogens (tertiary/aromatic N) is 1. The molecule has 0 unspecified atom stereocenters. The van der Waals surface area contributed by atoms with Crippen LogP contribution < -0.4 is 5.32 Å². The maximum absolute atomic E-state index is 13.1. The van der Waals surface area contributed by atoms with Crippen molar-refractivity contribution in [1.82, 2.24) is 4.90 Å². The van der Waals surface area contributed by atoms with Crippen LogP contribution in [0.15, 0.2) is 29.8 Å². The van der Waals surface area contributed by atoms with Crippen LogP contribution in [-0.2, 0) is 9.59 Å². The first-order valence-corrected chi connectivity index (χ1v) is 8.52. The summed E-state index contributed by atoms with van der Waals surface area (Å²) >= 11 is 5.69. The van der Waals surface area contributed by atoms with Crippen molar-refractivity contribution in [3.63, 3.8) is 0 Å². The first kappa shape index (κ1) is 18.5. The van der Waals surface area contributed by atoms with Crippen molar-refractivity contribution in [3.8, 4) is 0 Å². The molecule has 0 atom stereocenters. The van der Waals surface area contributed by atoms with Gasteiger partial charge in [0.15, 0.2) is 0 Å². The molecule has 0 bridgehead atoms. The van der Waals surface area contributed by atoms with Gasteiger partial charge in [-0.05, 0) is 50.3 Å². The molecule has 0 fully saturated rings. The molecular formula is C18H22ClFN2O2. The van der Waals surface area contributed by atoms with Gasteiger partial charge in [0, 0.05) is 19.2 Å². The Balaban J connectivity index is 1.89. The fourth-order valence-electron chi connectivity index (χ4n) is 2.71. The summed E-state index contributed by atoms with van der Waals surface area (Å²) in [5.41, 5.74) is 1.77. The van der Waals surface area contributed by atoms with Gasteiger partial charge < -0.3 is 10.2 Å². The fraction of sp³-hybridized carbons (Fsp3) is 0.444. The Morgan fingerprint density at radius 2 is 2.12 bits per heavy atom. The van der Waals surface area contributed by atoms with Crippen LogP contribution in [0.1, 0.15) is 39.0 Å². The summed E-state index contributed by atoms with van der Waals surface area (Å²) < 4.78 is 13.1. The highest BCUT2D eigenvalue weighted by Gasteiger charge is 2.15. The lowest BCUT2D eigenvalue weighted by atomic mass is 9.97. The minimum Gasteiger partial charge on any atom is -0.333 e. The minimum atomic E-state index is -0.541.